The number of aliphatic hydroxyl groups is 1. The van der Waals surface area contributed by atoms with Crippen molar-refractivity contribution in [2.45, 2.75) is 46.1 Å². The van der Waals surface area contributed by atoms with Crippen molar-refractivity contribution in [1.29, 1.82) is 0 Å². The molecule has 0 saturated carbocycles. The first-order chi connectivity index (χ1) is 7.22. The molecule has 1 N–H and O–H groups in total. The summed E-state index contributed by atoms with van der Waals surface area (Å²) in [5.41, 5.74) is 2.40. The molecule has 0 bridgehead atoms. The van der Waals surface area contributed by atoms with E-state index in [4.69, 9.17) is 5.11 Å². The van der Waals surface area contributed by atoms with Gasteiger partial charge in [-0.05, 0) is 29.4 Å². The van der Waals surface area contributed by atoms with Gasteiger partial charge in [0.2, 0.25) is 0 Å². The van der Waals surface area contributed by atoms with Gasteiger partial charge in [-0.15, -0.1) is 0 Å². The molecule has 84 valence electrons. The summed E-state index contributed by atoms with van der Waals surface area (Å²) < 4.78 is 0. The van der Waals surface area contributed by atoms with Crippen LogP contribution in [-0.2, 0) is 6.61 Å². The molecule has 0 aliphatic heterocycles. The van der Waals surface area contributed by atoms with Crippen molar-refractivity contribution in [3.8, 4) is 0 Å². The van der Waals surface area contributed by atoms with Crippen molar-refractivity contribution in [2.75, 3.05) is 0 Å². The average Bonchev–Trinajstić information content (AvgIpc) is 2.30. The molecule has 1 heteroatoms. The summed E-state index contributed by atoms with van der Waals surface area (Å²) >= 11 is 0. The van der Waals surface area contributed by atoms with Crippen molar-refractivity contribution >= 4 is 0 Å². The maximum absolute atomic E-state index is 8.98. The zero-order valence-corrected chi connectivity index (χ0v) is 10.0. The van der Waals surface area contributed by atoms with E-state index in [0.29, 0.717) is 5.92 Å². The molecule has 15 heavy (non-hydrogen) atoms. The summed E-state index contributed by atoms with van der Waals surface area (Å²) in [7, 11) is 0. The van der Waals surface area contributed by atoms with Crippen LogP contribution in [0, 0.1) is 5.92 Å². The number of hydrogen-bond acceptors (Lipinski definition) is 1. The molecule has 0 heterocycles. The van der Waals surface area contributed by atoms with Gasteiger partial charge in [-0.3, -0.25) is 0 Å². The number of aliphatic hydroxyl groups excluding tert-OH is 1. The predicted octanol–water partition coefficient (Wildman–Crippen LogP) is 3.72. The third kappa shape index (κ3) is 3.07. The molecule has 1 nitrogen and oxygen atoms in total. The fourth-order valence-electron chi connectivity index (χ4n) is 2.12. The highest BCUT2D eigenvalue weighted by Crippen LogP contribution is 2.29. The Morgan fingerprint density at radius 3 is 2.07 bits per heavy atom. The third-order valence-corrected chi connectivity index (χ3v) is 3.36. The SMILES string of the molecule is CCC(C)C(CC)c1ccc(CO)cc1. The van der Waals surface area contributed by atoms with Crippen LogP contribution in [-0.4, -0.2) is 5.11 Å². The highest BCUT2D eigenvalue weighted by atomic mass is 16.3. The van der Waals surface area contributed by atoms with E-state index < -0.39 is 0 Å². The van der Waals surface area contributed by atoms with E-state index in [2.05, 4.69) is 32.9 Å². The summed E-state index contributed by atoms with van der Waals surface area (Å²) in [6, 6.07) is 8.37. The summed E-state index contributed by atoms with van der Waals surface area (Å²) in [5, 5.41) is 8.98. The first-order valence-electron chi connectivity index (χ1n) is 5.92. The van der Waals surface area contributed by atoms with Gasteiger partial charge in [-0.2, -0.15) is 0 Å². The Morgan fingerprint density at radius 2 is 1.67 bits per heavy atom. The lowest BCUT2D eigenvalue weighted by molar-refractivity contribution is 0.282. The average molecular weight is 206 g/mol. The van der Waals surface area contributed by atoms with E-state index in [1.807, 2.05) is 12.1 Å². The molecule has 0 radical (unpaired) electrons. The molecular formula is C14H22O. The van der Waals surface area contributed by atoms with Gasteiger partial charge in [0, 0.05) is 0 Å². The highest BCUT2D eigenvalue weighted by molar-refractivity contribution is 5.25. The van der Waals surface area contributed by atoms with Crippen LogP contribution in [0.1, 0.15) is 50.7 Å². The molecule has 1 aromatic carbocycles. The third-order valence-electron chi connectivity index (χ3n) is 3.36. The van der Waals surface area contributed by atoms with E-state index >= 15 is 0 Å². The van der Waals surface area contributed by atoms with Crippen molar-refractivity contribution in [3.05, 3.63) is 35.4 Å². The van der Waals surface area contributed by atoms with Crippen LogP contribution in [0.5, 0.6) is 0 Å². The Hall–Kier alpha value is -0.820. The lowest BCUT2D eigenvalue weighted by Crippen LogP contribution is -2.08. The normalized spacial score (nSPS) is 14.9. The molecule has 2 atom stereocenters. The van der Waals surface area contributed by atoms with Crippen LogP contribution in [0.3, 0.4) is 0 Å². The van der Waals surface area contributed by atoms with Gasteiger partial charge in [-0.25, -0.2) is 0 Å². The fraction of sp³-hybridized carbons (Fsp3) is 0.571. The van der Waals surface area contributed by atoms with Gasteiger partial charge >= 0.3 is 0 Å². The number of benzene rings is 1. The van der Waals surface area contributed by atoms with E-state index in [9.17, 15) is 0 Å². The summed E-state index contributed by atoms with van der Waals surface area (Å²) in [5.74, 6) is 1.39. The Kier molecular flexibility index (Phi) is 4.83. The molecule has 0 aliphatic carbocycles. The minimum atomic E-state index is 0.139. The Bertz CT molecular complexity index is 276. The monoisotopic (exact) mass is 206 g/mol. The van der Waals surface area contributed by atoms with Crippen LogP contribution < -0.4 is 0 Å². The zero-order chi connectivity index (χ0) is 11.3. The van der Waals surface area contributed by atoms with Gasteiger partial charge < -0.3 is 5.11 Å². The topological polar surface area (TPSA) is 20.2 Å². The van der Waals surface area contributed by atoms with Crippen molar-refractivity contribution in [3.63, 3.8) is 0 Å². The minimum absolute atomic E-state index is 0.139. The number of rotatable bonds is 5. The molecule has 0 aliphatic rings. The Labute approximate surface area is 93.1 Å². The lowest BCUT2D eigenvalue weighted by Gasteiger charge is -2.22. The maximum atomic E-state index is 8.98. The van der Waals surface area contributed by atoms with Crippen molar-refractivity contribution < 1.29 is 5.11 Å². The molecular weight excluding hydrogens is 184 g/mol. The van der Waals surface area contributed by atoms with Gasteiger partial charge in [0.15, 0.2) is 0 Å². The first kappa shape index (κ1) is 12.3. The van der Waals surface area contributed by atoms with Crippen LogP contribution in [0.15, 0.2) is 24.3 Å². The minimum Gasteiger partial charge on any atom is -0.392 e. The van der Waals surface area contributed by atoms with Crippen LogP contribution in [0.2, 0.25) is 0 Å². The van der Waals surface area contributed by atoms with Gasteiger partial charge in [-0.1, -0.05) is 51.5 Å². The summed E-state index contributed by atoms with van der Waals surface area (Å²) in [6.07, 6.45) is 2.41. The van der Waals surface area contributed by atoms with E-state index in [1.54, 1.807) is 0 Å². The molecule has 0 saturated heterocycles. The van der Waals surface area contributed by atoms with Crippen molar-refractivity contribution in [1.82, 2.24) is 0 Å². The lowest BCUT2D eigenvalue weighted by atomic mass is 9.83. The van der Waals surface area contributed by atoms with Crippen LogP contribution in [0.25, 0.3) is 0 Å². The van der Waals surface area contributed by atoms with Gasteiger partial charge in [0.25, 0.3) is 0 Å². The van der Waals surface area contributed by atoms with Crippen LogP contribution >= 0.6 is 0 Å². The Balaban J connectivity index is 2.83. The maximum Gasteiger partial charge on any atom is 0.0681 e. The second kappa shape index (κ2) is 5.92. The Morgan fingerprint density at radius 1 is 1.07 bits per heavy atom. The quantitative estimate of drug-likeness (QED) is 0.778. The van der Waals surface area contributed by atoms with Crippen molar-refractivity contribution in [2.24, 2.45) is 5.92 Å². The predicted molar refractivity (Wildman–Crippen MR) is 64.9 cm³/mol. The zero-order valence-electron chi connectivity index (χ0n) is 10.0. The highest BCUT2D eigenvalue weighted by Gasteiger charge is 2.15. The smallest absolute Gasteiger partial charge is 0.0681 e. The molecule has 0 aromatic heterocycles. The van der Waals surface area contributed by atoms with Gasteiger partial charge in [0.1, 0.15) is 0 Å². The fourth-order valence-corrected chi connectivity index (χ4v) is 2.12. The van der Waals surface area contributed by atoms with Crippen LogP contribution in [0.4, 0.5) is 0 Å². The van der Waals surface area contributed by atoms with E-state index in [-0.39, 0.29) is 6.61 Å². The molecule has 0 fully saturated rings. The molecule has 2 unspecified atom stereocenters. The number of hydrogen-bond donors (Lipinski definition) is 1. The largest absolute Gasteiger partial charge is 0.392 e. The molecule has 0 amide bonds. The molecule has 0 spiro atoms. The summed E-state index contributed by atoms with van der Waals surface area (Å²) in [6.45, 7) is 6.95. The van der Waals surface area contributed by atoms with Gasteiger partial charge in [0.05, 0.1) is 6.61 Å². The second-order valence-corrected chi connectivity index (χ2v) is 4.30. The standard InChI is InChI=1S/C14H22O/c1-4-11(3)14(5-2)13-8-6-12(10-15)7-9-13/h6-9,11,14-15H,4-5,10H2,1-3H3. The molecule has 1 rings (SSSR count). The summed E-state index contributed by atoms with van der Waals surface area (Å²) in [4.78, 5) is 0. The molecule has 1 aromatic rings. The second-order valence-electron chi connectivity index (χ2n) is 4.30. The first-order valence-corrected chi connectivity index (χ1v) is 5.92. The van der Waals surface area contributed by atoms with E-state index in [1.165, 1.54) is 18.4 Å². The van der Waals surface area contributed by atoms with E-state index in [0.717, 1.165) is 11.5 Å².